The first-order valence-electron chi connectivity index (χ1n) is 6.30. The second-order valence-corrected chi connectivity index (χ2v) is 4.80. The fourth-order valence-electron chi connectivity index (χ4n) is 1.72. The van der Waals surface area contributed by atoms with Crippen molar-refractivity contribution >= 4 is 5.91 Å². The Morgan fingerprint density at radius 3 is 2.68 bits per heavy atom. The molecule has 1 amide bonds. The summed E-state index contributed by atoms with van der Waals surface area (Å²) in [7, 11) is 0. The molecule has 0 aliphatic rings. The van der Waals surface area contributed by atoms with Gasteiger partial charge in [-0.05, 0) is 24.5 Å². The monoisotopic (exact) mass is 269 g/mol. The predicted molar refractivity (Wildman–Crippen MR) is 70.4 cm³/mol. The first-order valence-corrected chi connectivity index (χ1v) is 6.30. The molecule has 1 aromatic rings. The number of ether oxygens (including phenoxy) is 1. The van der Waals surface area contributed by atoms with Crippen LogP contribution in [0.5, 0.6) is 5.75 Å². The Morgan fingerprint density at radius 2 is 2.11 bits per heavy atom. The minimum absolute atomic E-state index is 0.0436. The summed E-state index contributed by atoms with van der Waals surface area (Å²) in [4.78, 5) is 11.6. The highest BCUT2D eigenvalue weighted by Crippen LogP contribution is 2.15. The molecule has 1 unspecified atom stereocenters. The zero-order chi connectivity index (χ0) is 14.3. The van der Waals surface area contributed by atoms with Crippen LogP contribution in [-0.4, -0.2) is 30.3 Å². The molecule has 4 nitrogen and oxygen atoms in total. The lowest BCUT2D eigenvalue weighted by atomic mass is 10.0. The summed E-state index contributed by atoms with van der Waals surface area (Å²) in [5, 5.41) is 11.8. The van der Waals surface area contributed by atoms with E-state index in [-0.39, 0.29) is 30.9 Å². The quantitative estimate of drug-likeness (QED) is 0.792. The van der Waals surface area contributed by atoms with Gasteiger partial charge in [0.1, 0.15) is 0 Å². The van der Waals surface area contributed by atoms with Gasteiger partial charge in [0.05, 0.1) is 12.6 Å². The number of rotatable bonds is 7. The number of aliphatic hydroxyl groups is 1. The van der Waals surface area contributed by atoms with Crippen LogP contribution in [0.1, 0.15) is 20.3 Å². The fourth-order valence-corrected chi connectivity index (χ4v) is 1.72. The lowest BCUT2D eigenvalue weighted by Gasteiger charge is -2.18. The Kier molecular flexibility index (Phi) is 6.29. The minimum atomic E-state index is -0.504. The van der Waals surface area contributed by atoms with Crippen molar-refractivity contribution in [2.24, 2.45) is 5.92 Å². The van der Waals surface area contributed by atoms with Crippen molar-refractivity contribution in [2.45, 2.75) is 26.3 Å². The Labute approximate surface area is 112 Å². The van der Waals surface area contributed by atoms with Gasteiger partial charge in [-0.3, -0.25) is 4.79 Å². The molecule has 0 saturated heterocycles. The third-order valence-electron chi connectivity index (χ3n) is 2.54. The van der Waals surface area contributed by atoms with Gasteiger partial charge >= 0.3 is 0 Å². The van der Waals surface area contributed by atoms with E-state index in [0.29, 0.717) is 12.3 Å². The van der Waals surface area contributed by atoms with Crippen molar-refractivity contribution in [3.05, 3.63) is 30.1 Å². The van der Waals surface area contributed by atoms with Gasteiger partial charge in [0, 0.05) is 0 Å². The van der Waals surface area contributed by atoms with E-state index in [1.165, 1.54) is 12.1 Å². The van der Waals surface area contributed by atoms with E-state index >= 15 is 0 Å². The molecule has 1 atom stereocenters. The van der Waals surface area contributed by atoms with Crippen LogP contribution in [0.4, 0.5) is 4.39 Å². The van der Waals surface area contributed by atoms with E-state index in [0.717, 1.165) is 0 Å². The van der Waals surface area contributed by atoms with Crippen LogP contribution >= 0.6 is 0 Å². The number of hydrogen-bond donors (Lipinski definition) is 2. The summed E-state index contributed by atoms with van der Waals surface area (Å²) in [6.07, 6.45) is 0.682. The van der Waals surface area contributed by atoms with Crippen LogP contribution in [0, 0.1) is 11.7 Å². The zero-order valence-corrected chi connectivity index (χ0v) is 11.2. The van der Waals surface area contributed by atoms with Crippen molar-refractivity contribution in [1.29, 1.82) is 0 Å². The lowest BCUT2D eigenvalue weighted by Crippen LogP contribution is -2.40. The summed E-state index contributed by atoms with van der Waals surface area (Å²) < 4.78 is 18.3. The van der Waals surface area contributed by atoms with Crippen LogP contribution in [0.15, 0.2) is 24.3 Å². The molecule has 0 saturated carbocycles. The molecule has 2 N–H and O–H groups in total. The zero-order valence-electron chi connectivity index (χ0n) is 11.2. The molecule has 0 fully saturated rings. The van der Waals surface area contributed by atoms with E-state index in [4.69, 9.17) is 9.84 Å². The van der Waals surface area contributed by atoms with E-state index in [1.54, 1.807) is 12.1 Å². The molecule has 1 rings (SSSR count). The van der Waals surface area contributed by atoms with Gasteiger partial charge in [-0.15, -0.1) is 0 Å². The van der Waals surface area contributed by atoms with E-state index in [2.05, 4.69) is 5.32 Å². The van der Waals surface area contributed by atoms with Gasteiger partial charge in [0.2, 0.25) is 0 Å². The summed E-state index contributed by atoms with van der Waals surface area (Å²) in [5.41, 5.74) is 0. The number of amides is 1. The Balaban J connectivity index is 2.41. The Hall–Kier alpha value is -1.62. The summed E-state index contributed by atoms with van der Waals surface area (Å²) in [6, 6.07) is 5.61. The Bertz CT molecular complexity index is 409. The van der Waals surface area contributed by atoms with Gasteiger partial charge in [-0.25, -0.2) is 4.39 Å². The fraction of sp³-hybridized carbons (Fsp3) is 0.500. The highest BCUT2D eigenvalue weighted by atomic mass is 19.1. The van der Waals surface area contributed by atoms with Gasteiger partial charge in [-0.1, -0.05) is 26.0 Å². The third kappa shape index (κ3) is 5.70. The number of hydrogen-bond acceptors (Lipinski definition) is 3. The first-order chi connectivity index (χ1) is 9.02. The van der Waals surface area contributed by atoms with Crippen molar-refractivity contribution in [3.63, 3.8) is 0 Å². The normalized spacial score (nSPS) is 12.3. The van der Waals surface area contributed by atoms with Crippen LogP contribution in [0.2, 0.25) is 0 Å². The molecule has 5 heteroatoms. The number of para-hydroxylation sites is 1. The number of aliphatic hydroxyl groups excluding tert-OH is 1. The van der Waals surface area contributed by atoms with Crippen molar-refractivity contribution in [2.75, 3.05) is 13.2 Å². The van der Waals surface area contributed by atoms with Gasteiger partial charge in [-0.2, -0.15) is 0 Å². The lowest BCUT2D eigenvalue weighted by molar-refractivity contribution is -0.124. The molecule has 0 bridgehead atoms. The van der Waals surface area contributed by atoms with Gasteiger partial charge < -0.3 is 15.2 Å². The molecule has 0 aromatic heterocycles. The number of halogens is 1. The average Bonchev–Trinajstić information content (AvgIpc) is 2.36. The molecule has 106 valence electrons. The molecule has 0 aliphatic heterocycles. The highest BCUT2D eigenvalue weighted by molar-refractivity contribution is 5.77. The molecule has 0 aliphatic carbocycles. The first kappa shape index (κ1) is 15.4. The molecular weight excluding hydrogens is 249 g/mol. The molecule has 0 heterocycles. The van der Waals surface area contributed by atoms with E-state index < -0.39 is 5.82 Å². The smallest absolute Gasteiger partial charge is 0.258 e. The predicted octanol–water partition coefficient (Wildman–Crippen LogP) is 1.73. The van der Waals surface area contributed by atoms with Crippen molar-refractivity contribution in [1.82, 2.24) is 5.32 Å². The maximum Gasteiger partial charge on any atom is 0.258 e. The maximum absolute atomic E-state index is 13.2. The van der Waals surface area contributed by atoms with Crippen LogP contribution < -0.4 is 10.1 Å². The van der Waals surface area contributed by atoms with E-state index in [1.807, 2.05) is 13.8 Å². The minimum Gasteiger partial charge on any atom is -0.481 e. The standard InChI is InChI=1S/C14H20FNO3/c1-10(2)7-11(8-17)16-14(18)9-19-13-6-4-3-5-12(13)15/h3-6,10-11,17H,7-9H2,1-2H3,(H,16,18). The topological polar surface area (TPSA) is 58.6 Å². The Morgan fingerprint density at radius 1 is 1.42 bits per heavy atom. The third-order valence-corrected chi connectivity index (χ3v) is 2.54. The van der Waals surface area contributed by atoms with Crippen LogP contribution in [0.25, 0.3) is 0 Å². The number of carbonyl (C=O) groups is 1. The van der Waals surface area contributed by atoms with Crippen LogP contribution in [0.3, 0.4) is 0 Å². The second-order valence-electron chi connectivity index (χ2n) is 4.80. The molecule has 19 heavy (non-hydrogen) atoms. The molecule has 1 aromatic carbocycles. The largest absolute Gasteiger partial charge is 0.481 e. The molecular formula is C14H20FNO3. The van der Waals surface area contributed by atoms with Gasteiger partial charge in [0.15, 0.2) is 18.2 Å². The summed E-state index contributed by atoms with van der Waals surface area (Å²) in [5.74, 6) is -0.467. The summed E-state index contributed by atoms with van der Waals surface area (Å²) >= 11 is 0. The SMILES string of the molecule is CC(C)CC(CO)NC(=O)COc1ccccc1F. The number of benzene rings is 1. The van der Waals surface area contributed by atoms with Crippen molar-refractivity contribution in [3.8, 4) is 5.75 Å². The van der Waals surface area contributed by atoms with Crippen molar-refractivity contribution < 1.29 is 19.0 Å². The molecule has 0 radical (unpaired) electrons. The second kappa shape index (κ2) is 7.74. The van der Waals surface area contributed by atoms with Gasteiger partial charge in [0.25, 0.3) is 5.91 Å². The average molecular weight is 269 g/mol. The molecule has 0 spiro atoms. The number of nitrogens with one attached hydrogen (secondary N) is 1. The highest BCUT2D eigenvalue weighted by Gasteiger charge is 2.13. The van der Waals surface area contributed by atoms with E-state index in [9.17, 15) is 9.18 Å². The summed E-state index contributed by atoms with van der Waals surface area (Å²) in [6.45, 7) is 3.62. The van der Waals surface area contributed by atoms with Crippen LogP contribution in [-0.2, 0) is 4.79 Å². The maximum atomic E-state index is 13.2. The number of carbonyl (C=O) groups excluding carboxylic acids is 1.